The van der Waals surface area contributed by atoms with Crippen LogP contribution in [0.1, 0.15) is 26.2 Å². The van der Waals surface area contributed by atoms with E-state index in [9.17, 15) is 4.79 Å². The first-order chi connectivity index (χ1) is 10.1. The summed E-state index contributed by atoms with van der Waals surface area (Å²) < 4.78 is 6.56. The Hall–Kier alpha value is -0.780. The maximum absolute atomic E-state index is 12.2. The first-order valence-corrected chi connectivity index (χ1v) is 8.28. The van der Waals surface area contributed by atoms with E-state index in [-0.39, 0.29) is 24.4 Å². The molecule has 1 saturated heterocycles. The quantitative estimate of drug-likeness (QED) is 0.838. The maximum Gasteiger partial charge on any atom is 0.225 e. The van der Waals surface area contributed by atoms with Gasteiger partial charge in [-0.05, 0) is 53.7 Å². The van der Waals surface area contributed by atoms with E-state index in [1.165, 1.54) is 0 Å². The molecular weight excluding hydrogens is 368 g/mol. The van der Waals surface area contributed by atoms with Crippen molar-refractivity contribution >= 4 is 34.2 Å². The first kappa shape index (κ1) is 19.3. The van der Waals surface area contributed by atoms with Crippen molar-refractivity contribution in [2.75, 3.05) is 19.7 Å². The monoisotopic (exact) mass is 390 g/mol. The molecule has 1 heterocycles. The van der Waals surface area contributed by atoms with E-state index >= 15 is 0 Å². The number of hydrogen-bond acceptors (Lipinski definition) is 3. The van der Waals surface area contributed by atoms with Gasteiger partial charge < -0.3 is 15.4 Å². The molecule has 1 atom stereocenters. The van der Waals surface area contributed by atoms with Crippen LogP contribution in [0.15, 0.2) is 28.7 Å². The molecule has 0 bridgehead atoms. The van der Waals surface area contributed by atoms with Gasteiger partial charge in [-0.1, -0.05) is 12.1 Å². The van der Waals surface area contributed by atoms with Crippen molar-refractivity contribution in [3.05, 3.63) is 28.7 Å². The van der Waals surface area contributed by atoms with Crippen molar-refractivity contribution in [2.24, 2.45) is 11.7 Å². The molecule has 2 rings (SSSR count). The molecule has 1 unspecified atom stereocenters. The first-order valence-electron chi connectivity index (χ1n) is 7.48. The van der Waals surface area contributed by atoms with Gasteiger partial charge in [-0.3, -0.25) is 4.79 Å². The molecule has 124 valence electrons. The number of rotatable bonds is 5. The molecular formula is C16H24BrClN2O2. The summed E-state index contributed by atoms with van der Waals surface area (Å²) in [7, 11) is 0. The standard InChI is InChI=1S/C16H23BrN2O2.ClH/c1-12(18)13-6-9-19(10-7-13)16(20)8-11-21-15-5-3-2-4-14(15)17;/h2-5,12-13H,6-11,18H2,1H3;1H. The van der Waals surface area contributed by atoms with Crippen LogP contribution in [0.2, 0.25) is 0 Å². The van der Waals surface area contributed by atoms with Crippen LogP contribution in [-0.2, 0) is 4.79 Å². The fourth-order valence-corrected chi connectivity index (χ4v) is 3.04. The van der Waals surface area contributed by atoms with Crippen molar-refractivity contribution in [3.63, 3.8) is 0 Å². The second-order valence-corrected chi connectivity index (χ2v) is 6.46. The van der Waals surface area contributed by atoms with Gasteiger partial charge in [-0.2, -0.15) is 0 Å². The minimum absolute atomic E-state index is 0. The highest BCUT2D eigenvalue weighted by Crippen LogP contribution is 2.24. The molecule has 22 heavy (non-hydrogen) atoms. The minimum atomic E-state index is 0. The molecule has 6 heteroatoms. The Morgan fingerprint density at radius 1 is 1.41 bits per heavy atom. The Balaban J connectivity index is 0.00000242. The zero-order valence-electron chi connectivity index (χ0n) is 12.8. The van der Waals surface area contributed by atoms with Crippen molar-refractivity contribution in [1.82, 2.24) is 4.90 Å². The Kier molecular flexibility index (Phi) is 8.21. The average Bonchev–Trinajstić information content (AvgIpc) is 2.49. The highest BCUT2D eigenvalue weighted by molar-refractivity contribution is 9.10. The van der Waals surface area contributed by atoms with Gasteiger partial charge in [-0.25, -0.2) is 0 Å². The largest absolute Gasteiger partial charge is 0.492 e. The van der Waals surface area contributed by atoms with Crippen LogP contribution in [0, 0.1) is 5.92 Å². The number of piperidine rings is 1. The summed E-state index contributed by atoms with van der Waals surface area (Å²) in [5.74, 6) is 1.50. The fraction of sp³-hybridized carbons (Fsp3) is 0.562. The summed E-state index contributed by atoms with van der Waals surface area (Å²) in [4.78, 5) is 14.1. The lowest BCUT2D eigenvalue weighted by molar-refractivity contribution is -0.133. The minimum Gasteiger partial charge on any atom is -0.492 e. The van der Waals surface area contributed by atoms with Crippen LogP contribution in [0.3, 0.4) is 0 Å². The number of likely N-dealkylation sites (tertiary alicyclic amines) is 1. The molecule has 0 aromatic heterocycles. The molecule has 1 amide bonds. The number of amides is 1. The van der Waals surface area contributed by atoms with Crippen molar-refractivity contribution in [3.8, 4) is 5.75 Å². The number of nitrogens with two attached hydrogens (primary N) is 1. The van der Waals surface area contributed by atoms with Gasteiger partial charge in [0.25, 0.3) is 0 Å². The zero-order valence-corrected chi connectivity index (χ0v) is 15.2. The highest BCUT2D eigenvalue weighted by atomic mass is 79.9. The van der Waals surface area contributed by atoms with Crippen molar-refractivity contribution < 1.29 is 9.53 Å². The lowest BCUT2D eigenvalue weighted by Gasteiger charge is -2.33. The SMILES string of the molecule is CC(N)C1CCN(C(=O)CCOc2ccccc2Br)CC1.Cl. The predicted molar refractivity (Wildman–Crippen MR) is 94.5 cm³/mol. The molecule has 0 spiro atoms. The Morgan fingerprint density at radius 2 is 2.05 bits per heavy atom. The maximum atomic E-state index is 12.2. The number of carbonyl (C=O) groups excluding carboxylic acids is 1. The van der Waals surface area contributed by atoms with E-state index < -0.39 is 0 Å². The lowest BCUT2D eigenvalue weighted by atomic mass is 9.91. The fourth-order valence-electron chi connectivity index (χ4n) is 2.64. The van der Waals surface area contributed by atoms with Crippen LogP contribution in [0.5, 0.6) is 5.75 Å². The average molecular weight is 392 g/mol. The summed E-state index contributed by atoms with van der Waals surface area (Å²) in [5.41, 5.74) is 5.92. The smallest absolute Gasteiger partial charge is 0.225 e. The molecule has 0 radical (unpaired) electrons. The molecule has 1 aliphatic heterocycles. The molecule has 0 saturated carbocycles. The van der Waals surface area contributed by atoms with E-state index in [1.54, 1.807) is 0 Å². The predicted octanol–water partition coefficient (Wildman–Crippen LogP) is 3.23. The summed E-state index contributed by atoms with van der Waals surface area (Å²) in [6, 6.07) is 7.89. The molecule has 0 aliphatic carbocycles. The molecule has 1 aromatic rings. The summed E-state index contributed by atoms with van der Waals surface area (Å²) in [6.07, 6.45) is 2.44. The lowest BCUT2D eigenvalue weighted by Crippen LogP contribution is -2.42. The molecule has 1 aromatic carbocycles. The number of hydrogen-bond donors (Lipinski definition) is 1. The number of halogens is 2. The van der Waals surface area contributed by atoms with Crippen LogP contribution in [0.4, 0.5) is 0 Å². The van der Waals surface area contributed by atoms with Gasteiger partial charge in [0.05, 0.1) is 17.5 Å². The van der Waals surface area contributed by atoms with E-state index in [2.05, 4.69) is 15.9 Å². The van der Waals surface area contributed by atoms with Crippen molar-refractivity contribution in [1.29, 1.82) is 0 Å². The second kappa shape index (κ2) is 9.38. The summed E-state index contributed by atoms with van der Waals surface area (Å²) >= 11 is 3.43. The van der Waals surface area contributed by atoms with Gasteiger partial charge in [0.15, 0.2) is 0 Å². The molecule has 1 aliphatic rings. The van der Waals surface area contributed by atoms with Crippen LogP contribution in [-0.4, -0.2) is 36.5 Å². The number of nitrogens with zero attached hydrogens (tertiary/aromatic N) is 1. The number of carbonyl (C=O) groups is 1. The number of benzene rings is 1. The van der Waals surface area contributed by atoms with E-state index in [4.69, 9.17) is 10.5 Å². The van der Waals surface area contributed by atoms with Crippen LogP contribution in [0.25, 0.3) is 0 Å². The third-order valence-electron chi connectivity index (χ3n) is 4.05. The van der Waals surface area contributed by atoms with Gasteiger partial charge >= 0.3 is 0 Å². The second-order valence-electron chi connectivity index (χ2n) is 5.61. The zero-order chi connectivity index (χ0) is 15.2. The van der Waals surface area contributed by atoms with E-state index in [0.717, 1.165) is 36.2 Å². The highest BCUT2D eigenvalue weighted by Gasteiger charge is 2.24. The molecule has 2 N–H and O–H groups in total. The third-order valence-corrected chi connectivity index (χ3v) is 4.70. The van der Waals surface area contributed by atoms with E-state index in [0.29, 0.717) is 18.9 Å². The van der Waals surface area contributed by atoms with Crippen molar-refractivity contribution in [2.45, 2.75) is 32.2 Å². The van der Waals surface area contributed by atoms with Gasteiger partial charge in [0, 0.05) is 19.1 Å². The van der Waals surface area contributed by atoms with Gasteiger partial charge in [-0.15, -0.1) is 12.4 Å². The topological polar surface area (TPSA) is 55.6 Å². The Bertz CT molecular complexity index is 477. The van der Waals surface area contributed by atoms with E-state index in [1.807, 2.05) is 36.1 Å². The molecule has 4 nitrogen and oxygen atoms in total. The number of ether oxygens (including phenoxy) is 1. The van der Waals surface area contributed by atoms with Crippen LogP contribution >= 0.6 is 28.3 Å². The number of para-hydroxylation sites is 1. The van der Waals surface area contributed by atoms with Gasteiger partial charge in [0.2, 0.25) is 5.91 Å². The van der Waals surface area contributed by atoms with Crippen LogP contribution < -0.4 is 10.5 Å². The summed E-state index contributed by atoms with van der Waals surface area (Å²) in [5, 5.41) is 0. The van der Waals surface area contributed by atoms with Gasteiger partial charge in [0.1, 0.15) is 5.75 Å². The normalized spacial score (nSPS) is 16.8. The Labute approximate surface area is 146 Å². The third kappa shape index (κ3) is 5.45. The molecule has 1 fully saturated rings. The summed E-state index contributed by atoms with van der Waals surface area (Å²) in [6.45, 7) is 4.10. The Morgan fingerprint density at radius 3 is 2.64 bits per heavy atom.